The Hall–Kier alpha value is -2.00. The van der Waals surface area contributed by atoms with Gasteiger partial charge in [-0.05, 0) is 49.6 Å². The number of piperidine rings is 1. The topological polar surface area (TPSA) is 58.1 Å². The van der Waals surface area contributed by atoms with Gasteiger partial charge in [-0.1, -0.05) is 30.3 Å². The Kier molecular flexibility index (Phi) is 11.5. The van der Waals surface area contributed by atoms with Gasteiger partial charge in [-0.3, -0.25) is 4.90 Å². The average molecular weight is 538 g/mol. The SMILES string of the molecule is CCNC(=NCCOc1ccc(OC)cc1)NC1CCN(Cc2ccccc2)CC1.I. The summed E-state index contributed by atoms with van der Waals surface area (Å²) in [5.41, 5.74) is 1.38. The molecule has 0 atom stereocenters. The Morgan fingerprint density at radius 3 is 2.35 bits per heavy atom. The van der Waals surface area contributed by atoms with E-state index < -0.39 is 0 Å². The number of nitrogens with one attached hydrogen (secondary N) is 2. The van der Waals surface area contributed by atoms with Crippen molar-refractivity contribution in [2.45, 2.75) is 32.4 Å². The number of ether oxygens (including phenoxy) is 2. The van der Waals surface area contributed by atoms with E-state index in [2.05, 4.69) is 57.8 Å². The number of benzene rings is 2. The summed E-state index contributed by atoms with van der Waals surface area (Å²) in [5.74, 6) is 2.53. The van der Waals surface area contributed by atoms with Crippen molar-refractivity contribution in [1.29, 1.82) is 0 Å². The van der Waals surface area contributed by atoms with Gasteiger partial charge in [-0.2, -0.15) is 0 Å². The summed E-state index contributed by atoms with van der Waals surface area (Å²) < 4.78 is 10.9. The lowest BCUT2D eigenvalue weighted by molar-refractivity contribution is 0.198. The number of hydrogen-bond donors (Lipinski definition) is 2. The molecule has 0 amide bonds. The van der Waals surface area contributed by atoms with Gasteiger partial charge in [0.15, 0.2) is 5.96 Å². The second-order valence-corrected chi connectivity index (χ2v) is 7.47. The van der Waals surface area contributed by atoms with Crippen molar-refractivity contribution in [2.24, 2.45) is 4.99 Å². The third-order valence-corrected chi connectivity index (χ3v) is 5.21. The van der Waals surface area contributed by atoms with Crippen LogP contribution in [-0.4, -0.2) is 56.8 Å². The fourth-order valence-electron chi connectivity index (χ4n) is 3.58. The van der Waals surface area contributed by atoms with Crippen molar-refractivity contribution in [3.63, 3.8) is 0 Å². The lowest BCUT2D eigenvalue weighted by atomic mass is 10.0. The number of likely N-dealkylation sites (tertiary alicyclic amines) is 1. The number of nitrogens with zero attached hydrogens (tertiary/aromatic N) is 2. The number of aliphatic imine (C=N–C) groups is 1. The molecule has 1 heterocycles. The summed E-state index contributed by atoms with van der Waals surface area (Å²) in [6, 6.07) is 18.8. The minimum atomic E-state index is 0. The minimum Gasteiger partial charge on any atom is -0.497 e. The van der Waals surface area contributed by atoms with E-state index in [1.165, 1.54) is 5.56 Å². The molecule has 1 aliphatic rings. The summed E-state index contributed by atoms with van der Waals surface area (Å²) >= 11 is 0. The predicted molar refractivity (Wildman–Crippen MR) is 138 cm³/mol. The molecular weight excluding hydrogens is 503 g/mol. The Balaban J connectivity index is 0.00000341. The van der Waals surface area contributed by atoms with Gasteiger partial charge in [0, 0.05) is 32.2 Å². The minimum absolute atomic E-state index is 0. The Morgan fingerprint density at radius 2 is 1.71 bits per heavy atom. The highest BCUT2D eigenvalue weighted by molar-refractivity contribution is 14.0. The first kappa shape index (κ1) is 25.3. The van der Waals surface area contributed by atoms with Gasteiger partial charge in [-0.25, -0.2) is 4.99 Å². The van der Waals surface area contributed by atoms with E-state index in [-0.39, 0.29) is 24.0 Å². The van der Waals surface area contributed by atoms with Crippen LogP contribution in [0.3, 0.4) is 0 Å². The van der Waals surface area contributed by atoms with E-state index in [4.69, 9.17) is 9.47 Å². The fraction of sp³-hybridized carbons (Fsp3) is 0.458. The molecule has 0 radical (unpaired) electrons. The number of guanidine groups is 1. The molecule has 3 rings (SSSR count). The summed E-state index contributed by atoms with van der Waals surface area (Å²) in [7, 11) is 1.66. The standard InChI is InChI=1S/C24H34N4O2.HI/c1-3-25-24(26-15-18-30-23-11-9-22(29-2)10-12-23)27-21-13-16-28(17-14-21)19-20-7-5-4-6-8-20;/h4-12,21H,3,13-19H2,1-2H3,(H2,25,26,27);1H. The number of methoxy groups -OCH3 is 1. The van der Waals surface area contributed by atoms with Crippen LogP contribution >= 0.6 is 24.0 Å². The summed E-state index contributed by atoms with van der Waals surface area (Å²) in [6.45, 7) is 7.32. The summed E-state index contributed by atoms with van der Waals surface area (Å²) in [6.07, 6.45) is 2.25. The molecule has 2 aromatic rings. The molecule has 1 aliphatic heterocycles. The van der Waals surface area contributed by atoms with E-state index in [9.17, 15) is 0 Å². The molecule has 31 heavy (non-hydrogen) atoms. The van der Waals surface area contributed by atoms with Crippen LogP contribution < -0.4 is 20.1 Å². The Labute approximate surface area is 203 Å². The number of rotatable bonds is 9. The highest BCUT2D eigenvalue weighted by Crippen LogP contribution is 2.17. The van der Waals surface area contributed by atoms with Crippen LogP contribution in [-0.2, 0) is 6.54 Å². The lowest BCUT2D eigenvalue weighted by Gasteiger charge is -2.33. The van der Waals surface area contributed by atoms with Crippen LogP contribution in [0.1, 0.15) is 25.3 Å². The molecule has 0 aromatic heterocycles. The van der Waals surface area contributed by atoms with Crippen molar-refractivity contribution in [3.05, 3.63) is 60.2 Å². The third kappa shape index (κ3) is 8.95. The van der Waals surface area contributed by atoms with Crippen LogP contribution in [0.15, 0.2) is 59.6 Å². The first-order valence-corrected chi connectivity index (χ1v) is 10.8. The predicted octanol–water partition coefficient (Wildman–Crippen LogP) is 3.91. The largest absolute Gasteiger partial charge is 0.497 e. The molecule has 7 heteroatoms. The van der Waals surface area contributed by atoms with E-state index in [0.29, 0.717) is 19.2 Å². The van der Waals surface area contributed by atoms with E-state index in [1.54, 1.807) is 7.11 Å². The first-order valence-electron chi connectivity index (χ1n) is 10.8. The van der Waals surface area contributed by atoms with Gasteiger partial charge in [0.1, 0.15) is 18.1 Å². The van der Waals surface area contributed by atoms with Gasteiger partial charge < -0.3 is 20.1 Å². The lowest BCUT2D eigenvalue weighted by Crippen LogP contribution is -2.48. The van der Waals surface area contributed by atoms with Gasteiger partial charge in [0.25, 0.3) is 0 Å². The van der Waals surface area contributed by atoms with E-state index >= 15 is 0 Å². The van der Waals surface area contributed by atoms with E-state index in [1.807, 2.05) is 24.3 Å². The Morgan fingerprint density at radius 1 is 1.03 bits per heavy atom. The molecule has 1 saturated heterocycles. The van der Waals surface area contributed by atoms with Crippen molar-refractivity contribution < 1.29 is 9.47 Å². The molecule has 0 spiro atoms. The maximum Gasteiger partial charge on any atom is 0.191 e. The zero-order chi connectivity index (χ0) is 21.0. The number of hydrogen-bond acceptors (Lipinski definition) is 4. The van der Waals surface area contributed by atoms with E-state index in [0.717, 1.165) is 56.5 Å². The van der Waals surface area contributed by atoms with Crippen molar-refractivity contribution in [3.8, 4) is 11.5 Å². The average Bonchev–Trinajstić information content (AvgIpc) is 2.79. The van der Waals surface area contributed by atoms with Gasteiger partial charge in [0.2, 0.25) is 0 Å². The molecule has 2 N–H and O–H groups in total. The van der Waals surface area contributed by atoms with Crippen LogP contribution in [0.2, 0.25) is 0 Å². The molecule has 1 fully saturated rings. The second kappa shape index (κ2) is 14.1. The van der Waals surface area contributed by atoms with Gasteiger partial charge in [-0.15, -0.1) is 24.0 Å². The molecule has 0 saturated carbocycles. The number of halogens is 1. The third-order valence-electron chi connectivity index (χ3n) is 5.21. The van der Waals surface area contributed by atoms with Crippen LogP contribution in [0.4, 0.5) is 0 Å². The molecule has 6 nitrogen and oxygen atoms in total. The van der Waals surface area contributed by atoms with Crippen LogP contribution in [0.5, 0.6) is 11.5 Å². The monoisotopic (exact) mass is 538 g/mol. The maximum absolute atomic E-state index is 5.77. The van der Waals surface area contributed by atoms with Crippen LogP contribution in [0, 0.1) is 0 Å². The summed E-state index contributed by atoms with van der Waals surface area (Å²) in [4.78, 5) is 7.20. The normalized spacial score (nSPS) is 15.1. The zero-order valence-corrected chi connectivity index (χ0v) is 20.9. The highest BCUT2D eigenvalue weighted by Gasteiger charge is 2.19. The maximum atomic E-state index is 5.77. The zero-order valence-electron chi connectivity index (χ0n) is 18.5. The summed E-state index contributed by atoms with van der Waals surface area (Å²) in [5, 5.41) is 6.94. The smallest absolute Gasteiger partial charge is 0.191 e. The molecular formula is C24H35IN4O2. The Bertz CT molecular complexity index is 763. The molecule has 170 valence electrons. The van der Waals surface area contributed by atoms with Crippen molar-refractivity contribution in [2.75, 3.05) is 39.9 Å². The second-order valence-electron chi connectivity index (χ2n) is 7.47. The molecule has 0 aliphatic carbocycles. The van der Waals surface area contributed by atoms with Crippen molar-refractivity contribution >= 4 is 29.9 Å². The molecule has 0 bridgehead atoms. The fourth-order valence-corrected chi connectivity index (χ4v) is 3.58. The molecule has 2 aromatic carbocycles. The van der Waals surface area contributed by atoms with Gasteiger partial charge >= 0.3 is 0 Å². The van der Waals surface area contributed by atoms with Gasteiger partial charge in [0.05, 0.1) is 13.7 Å². The quantitative estimate of drug-likeness (QED) is 0.220. The molecule has 0 unspecified atom stereocenters. The van der Waals surface area contributed by atoms with Crippen molar-refractivity contribution in [1.82, 2.24) is 15.5 Å². The highest BCUT2D eigenvalue weighted by atomic mass is 127. The first-order chi connectivity index (χ1) is 14.8. The van der Waals surface area contributed by atoms with Crippen LogP contribution in [0.25, 0.3) is 0 Å².